The Bertz CT molecular complexity index is 108. The zero-order chi connectivity index (χ0) is 9.98. The van der Waals surface area contributed by atoms with E-state index in [1.807, 2.05) is 0 Å². The van der Waals surface area contributed by atoms with Crippen LogP contribution in [0.25, 0.3) is 0 Å². The van der Waals surface area contributed by atoms with Gasteiger partial charge in [-0.2, -0.15) is 0 Å². The van der Waals surface area contributed by atoms with Gasteiger partial charge in [-0.1, -0.05) is 19.8 Å². The summed E-state index contributed by atoms with van der Waals surface area (Å²) in [6.45, 7) is 2.06. The molecule has 0 saturated heterocycles. The van der Waals surface area contributed by atoms with Crippen molar-refractivity contribution >= 4 is 13.3 Å². The number of unbranched alkanes of at least 4 members (excludes halogenated alkanes) is 2. The average Bonchev–Trinajstić information content (AvgIpc) is 1.86. The summed E-state index contributed by atoms with van der Waals surface area (Å²) < 4.78 is 0. The minimum absolute atomic E-state index is 0. The molecular weight excluding hydrogens is 222 g/mol. The van der Waals surface area contributed by atoms with E-state index in [0.717, 1.165) is 19.3 Å². The molecule has 0 aromatic rings. The van der Waals surface area contributed by atoms with Crippen LogP contribution in [0.3, 0.4) is 0 Å². The van der Waals surface area contributed by atoms with Crippen LogP contribution < -0.4 is 0 Å². The number of hydrogen-bond acceptors (Lipinski definition) is 4. The topological polar surface area (TPSA) is 98.0 Å². The van der Waals surface area contributed by atoms with Gasteiger partial charge in [0.1, 0.15) is 0 Å². The van der Waals surface area contributed by atoms with Gasteiger partial charge in [0.25, 0.3) is 0 Å². The van der Waals surface area contributed by atoms with Crippen LogP contribution >= 0.6 is 0 Å². The van der Waals surface area contributed by atoms with Crippen LogP contribution in [-0.4, -0.2) is 33.5 Å². The van der Waals surface area contributed by atoms with Crippen LogP contribution in [0.2, 0.25) is 0 Å². The molecule has 0 aliphatic rings. The van der Waals surface area contributed by atoms with Crippen LogP contribution in [0.15, 0.2) is 0 Å². The third-order valence-corrected chi connectivity index (χ3v) is 0.994. The first-order chi connectivity index (χ1) is 5.50. The zero-order valence-electron chi connectivity index (χ0n) is 7.42. The van der Waals surface area contributed by atoms with Gasteiger partial charge in [-0.15, -0.1) is 0 Å². The Labute approximate surface area is 87.9 Å². The monoisotopic (exact) mass is 236 g/mol. The summed E-state index contributed by atoms with van der Waals surface area (Å²) in [7, 11) is -2.17. The maximum absolute atomic E-state index is 9.87. The summed E-state index contributed by atoms with van der Waals surface area (Å²) in [6.07, 6.45) is 3.28. The molecule has 5 nitrogen and oxygen atoms in total. The predicted molar refractivity (Wildman–Crippen MR) is 44.2 cm³/mol. The van der Waals surface area contributed by atoms with Crippen molar-refractivity contribution in [1.29, 1.82) is 0 Å². The van der Waals surface area contributed by atoms with Gasteiger partial charge in [0.05, 0.1) is 0 Å². The molecule has 0 aromatic heterocycles. The van der Waals surface area contributed by atoms with Crippen LogP contribution in [-0.2, 0) is 21.3 Å². The smallest absolute Gasteiger partial charge is 0.481 e. The van der Waals surface area contributed by atoms with Gasteiger partial charge in [-0.3, -0.25) is 4.79 Å². The van der Waals surface area contributed by atoms with E-state index in [4.69, 9.17) is 20.2 Å². The largest absolute Gasteiger partial charge is 0.631 e. The van der Waals surface area contributed by atoms with Gasteiger partial charge in [0.2, 0.25) is 0 Å². The summed E-state index contributed by atoms with van der Waals surface area (Å²) in [5.41, 5.74) is 0. The molecule has 0 bridgehead atoms. The number of rotatable bonds is 4. The molecular formula is C6H15BNiO5. The Kier molecular flexibility index (Phi) is 20.7. The van der Waals surface area contributed by atoms with Crippen LogP contribution in [0.5, 0.6) is 0 Å². The minimum Gasteiger partial charge on any atom is -0.481 e. The summed E-state index contributed by atoms with van der Waals surface area (Å²) >= 11 is 0. The van der Waals surface area contributed by atoms with Crippen molar-refractivity contribution in [2.24, 2.45) is 0 Å². The molecule has 7 heteroatoms. The van der Waals surface area contributed by atoms with Crippen LogP contribution in [0, 0.1) is 0 Å². The molecule has 13 heavy (non-hydrogen) atoms. The van der Waals surface area contributed by atoms with E-state index >= 15 is 0 Å². The molecule has 0 aliphatic carbocycles. The fraction of sp³-hybridized carbons (Fsp3) is 0.833. The van der Waals surface area contributed by atoms with Crippen LogP contribution in [0.4, 0.5) is 0 Å². The molecule has 0 heterocycles. The molecule has 0 saturated carbocycles. The molecule has 4 N–H and O–H groups in total. The van der Waals surface area contributed by atoms with Crippen LogP contribution in [0.1, 0.15) is 32.6 Å². The normalized spacial score (nSPS) is 7.69. The van der Waals surface area contributed by atoms with E-state index in [1.165, 1.54) is 0 Å². The second kappa shape index (κ2) is 14.4. The molecule has 0 atom stereocenters. The molecule has 0 fully saturated rings. The molecule has 0 aliphatic heterocycles. The molecule has 0 aromatic carbocycles. The standard InChI is InChI=1S/C6H12O2.BH3O3.Ni/c1-2-3-4-5-6(7)8;2-1(3)4;/h2-5H2,1H3,(H,7,8);2-4H;. The second-order valence-electron chi connectivity index (χ2n) is 2.20. The van der Waals surface area contributed by atoms with Gasteiger partial charge >= 0.3 is 13.3 Å². The predicted octanol–water partition coefficient (Wildman–Crippen LogP) is -0.403. The maximum atomic E-state index is 9.87. The average molecular weight is 237 g/mol. The molecule has 0 radical (unpaired) electrons. The molecule has 0 rings (SSSR count). The summed E-state index contributed by atoms with van der Waals surface area (Å²) in [6, 6.07) is 0. The second-order valence-corrected chi connectivity index (χ2v) is 2.20. The first-order valence-electron chi connectivity index (χ1n) is 3.76. The van der Waals surface area contributed by atoms with Crippen molar-refractivity contribution in [2.75, 3.05) is 0 Å². The zero-order valence-corrected chi connectivity index (χ0v) is 8.41. The van der Waals surface area contributed by atoms with Gasteiger partial charge in [0.15, 0.2) is 0 Å². The number of hydrogen-bond donors (Lipinski definition) is 4. The Balaban J connectivity index is -0.000000173. The van der Waals surface area contributed by atoms with Crippen molar-refractivity contribution in [2.45, 2.75) is 32.6 Å². The van der Waals surface area contributed by atoms with Gasteiger partial charge in [-0.25, -0.2) is 0 Å². The first kappa shape index (κ1) is 18.6. The van der Waals surface area contributed by atoms with E-state index in [2.05, 4.69) is 6.92 Å². The number of carboxylic acids is 1. The quantitative estimate of drug-likeness (QED) is 0.393. The Morgan fingerprint density at radius 1 is 1.23 bits per heavy atom. The fourth-order valence-electron chi connectivity index (χ4n) is 0.526. The van der Waals surface area contributed by atoms with Gasteiger partial charge in [-0.05, 0) is 6.42 Å². The minimum atomic E-state index is -2.17. The summed E-state index contributed by atoms with van der Waals surface area (Å²) in [5.74, 6) is -0.682. The van der Waals surface area contributed by atoms with Crippen molar-refractivity contribution in [3.05, 3.63) is 0 Å². The maximum Gasteiger partial charge on any atom is 0.631 e. The van der Waals surface area contributed by atoms with Crippen molar-refractivity contribution in [3.63, 3.8) is 0 Å². The SMILES string of the molecule is CCCCCC(=O)O.OB(O)O.[Ni]. The number of carboxylic acid groups (broad SMARTS) is 1. The Morgan fingerprint density at radius 3 is 1.85 bits per heavy atom. The van der Waals surface area contributed by atoms with E-state index < -0.39 is 13.3 Å². The van der Waals surface area contributed by atoms with Crippen molar-refractivity contribution < 1.29 is 41.5 Å². The molecule has 0 spiro atoms. The summed E-state index contributed by atoms with van der Waals surface area (Å²) in [5, 5.41) is 29.6. The summed E-state index contributed by atoms with van der Waals surface area (Å²) in [4.78, 5) is 9.87. The Morgan fingerprint density at radius 2 is 1.62 bits per heavy atom. The van der Waals surface area contributed by atoms with E-state index in [9.17, 15) is 4.79 Å². The Hall–Kier alpha value is -0.0916. The fourth-order valence-corrected chi connectivity index (χ4v) is 0.526. The van der Waals surface area contributed by atoms with E-state index in [0.29, 0.717) is 6.42 Å². The van der Waals surface area contributed by atoms with Crippen molar-refractivity contribution in [3.8, 4) is 0 Å². The van der Waals surface area contributed by atoms with E-state index in [1.54, 1.807) is 0 Å². The first-order valence-corrected chi connectivity index (χ1v) is 3.76. The molecule has 0 amide bonds. The number of aliphatic carboxylic acids is 1. The van der Waals surface area contributed by atoms with E-state index in [-0.39, 0.29) is 16.5 Å². The van der Waals surface area contributed by atoms with Gasteiger partial charge in [0, 0.05) is 22.9 Å². The van der Waals surface area contributed by atoms with Crippen molar-refractivity contribution in [1.82, 2.24) is 0 Å². The third-order valence-electron chi connectivity index (χ3n) is 0.994. The number of carbonyl (C=O) groups is 1. The molecule has 0 unspecified atom stereocenters. The third kappa shape index (κ3) is 48.5. The molecule has 82 valence electrons. The van der Waals surface area contributed by atoms with Gasteiger partial charge < -0.3 is 20.2 Å².